The molecule has 0 atom stereocenters. The van der Waals surface area contributed by atoms with Crippen molar-refractivity contribution in [3.05, 3.63) is 54.1 Å². The minimum atomic E-state index is -3.30. The van der Waals surface area contributed by atoms with Crippen LogP contribution >= 0.6 is 0 Å². The Hall–Kier alpha value is -2.41. The molecular formula is C17H17FN2O3S. The Balaban J connectivity index is 1.90. The van der Waals surface area contributed by atoms with Gasteiger partial charge in [0.1, 0.15) is 23.7 Å². The number of para-hydroxylation sites is 1. The molecule has 0 aliphatic carbocycles. The highest BCUT2D eigenvalue weighted by molar-refractivity contribution is 7.90. The van der Waals surface area contributed by atoms with Crippen LogP contribution in [0.15, 0.2) is 47.4 Å². The lowest BCUT2D eigenvalue weighted by atomic mass is 10.3. The molecule has 0 amide bonds. The highest BCUT2D eigenvalue weighted by atomic mass is 32.2. The van der Waals surface area contributed by atoms with Gasteiger partial charge in [0.05, 0.1) is 10.4 Å². The second-order valence-electron chi connectivity index (χ2n) is 5.42. The fraction of sp³-hybridized carbons (Fsp3) is 0.235. The predicted octanol–water partition coefficient (Wildman–Crippen LogP) is 3.18. The summed E-state index contributed by atoms with van der Waals surface area (Å²) in [6.45, 7) is 2.69. The molecule has 3 rings (SSSR count). The van der Waals surface area contributed by atoms with Crippen LogP contribution in [0.3, 0.4) is 0 Å². The number of aromatic nitrogens is 2. The molecule has 2 aromatic carbocycles. The van der Waals surface area contributed by atoms with Gasteiger partial charge in [-0.3, -0.25) is 0 Å². The van der Waals surface area contributed by atoms with Crippen LogP contribution in [-0.2, 0) is 23.0 Å². The van der Waals surface area contributed by atoms with Gasteiger partial charge in [-0.05, 0) is 37.3 Å². The number of nitrogens with zero attached hydrogens (tertiary/aromatic N) is 2. The second-order valence-corrected chi connectivity index (χ2v) is 7.43. The van der Waals surface area contributed by atoms with Gasteiger partial charge >= 0.3 is 0 Å². The SMILES string of the molecule is CCn1c(COc2cccc(S(C)(=O)=O)c2)nc2c(F)cccc21. The molecule has 5 nitrogen and oxygen atoms in total. The number of benzene rings is 2. The van der Waals surface area contributed by atoms with Crippen LogP contribution in [0.2, 0.25) is 0 Å². The maximum atomic E-state index is 13.9. The van der Waals surface area contributed by atoms with E-state index in [-0.39, 0.29) is 17.3 Å². The molecule has 1 aromatic heterocycles. The Labute approximate surface area is 139 Å². The smallest absolute Gasteiger partial charge is 0.175 e. The lowest BCUT2D eigenvalue weighted by Crippen LogP contribution is -2.06. The molecule has 0 N–H and O–H groups in total. The standard InChI is InChI=1S/C17H17FN2O3S/c1-3-20-15-9-5-8-14(18)17(15)19-16(20)11-23-12-6-4-7-13(10-12)24(2,21)22/h4-10H,3,11H2,1-2H3. The Morgan fingerprint density at radius 2 is 1.96 bits per heavy atom. The van der Waals surface area contributed by atoms with Crippen molar-refractivity contribution in [2.75, 3.05) is 6.26 Å². The first-order valence-corrected chi connectivity index (χ1v) is 9.36. The molecule has 0 aliphatic rings. The first-order valence-electron chi connectivity index (χ1n) is 7.46. The van der Waals surface area contributed by atoms with Crippen molar-refractivity contribution in [1.82, 2.24) is 9.55 Å². The lowest BCUT2D eigenvalue weighted by Gasteiger charge is -2.09. The van der Waals surface area contributed by atoms with Gasteiger partial charge in [-0.2, -0.15) is 0 Å². The number of imidazole rings is 1. The van der Waals surface area contributed by atoms with E-state index in [4.69, 9.17) is 4.74 Å². The first kappa shape index (κ1) is 16.4. The number of hydrogen-bond acceptors (Lipinski definition) is 4. The number of ether oxygens (including phenoxy) is 1. The molecular weight excluding hydrogens is 331 g/mol. The van der Waals surface area contributed by atoms with Gasteiger partial charge in [0, 0.05) is 12.8 Å². The van der Waals surface area contributed by atoms with Crippen LogP contribution < -0.4 is 4.74 Å². The van der Waals surface area contributed by atoms with Gasteiger partial charge in [-0.1, -0.05) is 12.1 Å². The summed E-state index contributed by atoms with van der Waals surface area (Å²) in [6, 6.07) is 11.1. The van der Waals surface area contributed by atoms with E-state index in [0.29, 0.717) is 29.2 Å². The number of hydrogen-bond donors (Lipinski definition) is 0. The summed E-state index contributed by atoms with van der Waals surface area (Å²) in [4.78, 5) is 4.50. The largest absolute Gasteiger partial charge is 0.486 e. The average molecular weight is 348 g/mol. The normalized spacial score (nSPS) is 11.8. The summed E-state index contributed by atoms with van der Waals surface area (Å²) in [5.74, 6) is 0.635. The second kappa shape index (κ2) is 6.24. The van der Waals surface area contributed by atoms with Crippen molar-refractivity contribution in [1.29, 1.82) is 0 Å². The van der Waals surface area contributed by atoms with E-state index in [1.54, 1.807) is 18.2 Å². The Kier molecular flexibility index (Phi) is 4.28. The molecule has 0 saturated heterocycles. The zero-order valence-corrected chi connectivity index (χ0v) is 14.2. The molecule has 3 aromatic rings. The van der Waals surface area contributed by atoms with E-state index in [1.807, 2.05) is 17.6 Å². The van der Waals surface area contributed by atoms with Crippen molar-refractivity contribution in [3.8, 4) is 5.75 Å². The van der Waals surface area contributed by atoms with Crippen LogP contribution in [0.25, 0.3) is 11.0 Å². The molecule has 0 aliphatic heterocycles. The number of sulfone groups is 1. The quantitative estimate of drug-likeness (QED) is 0.710. The van der Waals surface area contributed by atoms with Crippen molar-refractivity contribution < 1.29 is 17.5 Å². The molecule has 0 saturated carbocycles. The predicted molar refractivity (Wildman–Crippen MR) is 89.2 cm³/mol. The van der Waals surface area contributed by atoms with Crippen LogP contribution in [0.4, 0.5) is 4.39 Å². The number of halogens is 1. The minimum absolute atomic E-state index is 0.120. The zero-order chi connectivity index (χ0) is 17.3. The Morgan fingerprint density at radius 3 is 2.67 bits per heavy atom. The van der Waals surface area contributed by atoms with Crippen molar-refractivity contribution >= 4 is 20.9 Å². The van der Waals surface area contributed by atoms with E-state index >= 15 is 0 Å². The minimum Gasteiger partial charge on any atom is -0.486 e. The highest BCUT2D eigenvalue weighted by Gasteiger charge is 2.14. The number of aryl methyl sites for hydroxylation is 1. The third kappa shape index (κ3) is 3.12. The summed E-state index contributed by atoms with van der Waals surface area (Å²) in [7, 11) is -3.30. The van der Waals surface area contributed by atoms with Gasteiger partial charge in [0.2, 0.25) is 0 Å². The van der Waals surface area contributed by atoms with Crippen LogP contribution in [0, 0.1) is 5.82 Å². The Bertz CT molecular complexity index is 996. The van der Waals surface area contributed by atoms with Gasteiger partial charge < -0.3 is 9.30 Å². The van der Waals surface area contributed by atoms with Gasteiger partial charge in [-0.15, -0.1) is 0 Å². The van der Waals surface area contributed by atoms with Crippen LogP contribution in [0.1, 0.15) is 12.7 Å². The summed E-state index contributed by atoms with van der Waals surface area (Å²) in [5, 5.41) is 0. The summed E-state index contributed by atoms with van der Waals surface area (Å²) >= 11 is 0. The van der Waals surface area contributed by atoms with Gasteiger partial charge in [0.25, 0.3) is 0 Å². The monoisotopic (exact) mass is 348 g/mol. The van der Waals surface area contributed by atoms with Crippen molar-refractivity contribution in [3.63, 3.8) is 0 Å². The molecule has 0 bridgehead atoms. The average Bonchev–Trinajstić information content (AvgIpc) is 2.91. The van der Waals surface area contributed by atoms with E-state index in [0.717, 1.165) is 6.26 Å². The zero-order valence-electron chi connectivity index (χ0n) is 13.4. The molecule has 0 unspecified atom stereocenters. The van der Waals surface area contributed by atoms with Crippen molar-refractivity contribution in [2.45, 2.75) is 25.0 Å². The Morgan fingerprint density at radius 1 is 1.21 bits per heavy atom. The summed E-state index contributed by atoms with van der Waals surface area (Å²) < 4.78 is 44.6. The summed E-state index contributed by atoms with van der Waals surface area (Å²) in [5.41, 5.74) is 1.02. The highest BCUT2D eigenvalue weighted by Crippen LogP contribution is 2.22. The molecule has 1 heterocycles. The molecule has 126 valence electrons. The van der Waals surface area contributed by atoms with E-state index < -0.39 is 9.84 Å². The number of rotatable bonds is 5. The van der Waals surface area contributed by atoms with Gasteiger partial charge in [0.15, 0.2) is 15.7 Å². The molecule has 7 heteroatoms. The molecule has 0 radical (unpaired) electrons. The number of fused-ring (bicyclic) bond motifs is 1. The van der Waals surface area contributed by atoms with Crippen LogP contribution in [-0.4, -0.2) is 24.2 Å². The molecule has 0 spiro atoms. The van der Waals surface area contributed by atoms with E-state index in [1.165, 1.54) is 18.2 Å². The summed E-state index contributed by atoms with van der Waals surface area (Å²) in [6.07, 6.45) is 1.14. The molecule has 0 fully saturated rings. The topological polar surface area (TPSA) is 61.2 Å². The lowest BCUT2D eigenvalue weighted by molar-refractivity contribution is 0.290. The maximum absolute atomic E-state index is 13.9. The third-order valence-corrected chi connectivity index (χ3v) is 4.84. The van der Waals surface area contributed by atoms with Crippen LogP contribution in [0.5, 0.6) is 5.75 Å². The third-order valence-electron chi connectivity index (χ3n) is 3.73. The fourth-order valence-corrected chi connectivity index (χ4v) is 3.22. The fourth-order valence-electron chi connectivity index (χ4n) is 2.57. The first-order chi connectivity index (χ1) is 11.4. The molecule has 24 heavy (non-hydrogen) atoms. The van der Waals surface area contributed by atoms with Gasteiger partial charge in [-0.25, -0.2) is 17.8 Å². The van der Waals surface area contributed by atoms with E-state index in [2.05, 4.69) is 4.98 Å². The van der Waals surface area contributed by atoms with E-state index in [9.17, 15) is 12.8 Å². The van der Waals surface area contributed by atoms with Crippen molar-refractivity contribution in [2.24, 2.45) is 0 Å². The maximum Gasteiger partial charge on any atom is 0.175 e.